The van der Waals surface area contributed by atoms with Gasteiger partial charge in [-0.05, 0) is 30.7 Å². The number of aromatic nitrogens is 2. The van der Waals surface area contributed by atoms with Crippen molar-refractivity contribution in [3.63, 3.8) is 0 Å². The largest absolute Gasteiger partial charge is 0.492 e. The molecule has 2 aromatic carbocycles. The van der Waals surface area contributed by atoms with Gasteiger partial charge in [-0.25, -0.2) is 4.98 Å². The summed E-state index contributed by atoms with van der Waals surface area (Å²) >= 11 is 0. The van der Waals surface area contributed by atoms with Gasteiger partial charge in [0.25, 0.3) is 0 Å². The first-order valence-electron chi connectivity index (χ1n) is 6.49. The van der Waals surface area contributed by atoms with Crippen molar-refractivity contribution in [2.75, 3.05) is 6.61 Å². The molecular weight excluding hydrogens is 236 g/mol. The number of nitrogens with one attached hydrogen (secondary N) is 1. The predicted molar refractivity (Wildman–Crippen MR) is 74.6 cm³/mol. The number of ether oxygens (including phenoxy) is 1. The third kappa shape index (κ3) is 1.62. The number of hydrogen-bond acceptors (Lipinski definition) is 2. The van der Waals surface area contributed by atoms with Gasteiger partial charge in [-0.3, -0.25) is 0 Å². The topological polar surface area (TPSA) is 37.9 Å². The zero-order chi connectivity index (χ0) is 12.8. The van der Waals surface area contributed by atoms with Crippen LogP contribution in [0.2, 0.25) is 0 Å². The first-order chi connectivity index (χ1) is 9.31. The van der Waals surface area contributed by atoms with Crippen LogP contribution in [0.3, 0.4) is 0 Å². The van der Waals surface area contributed by atoms with Crippen molar-refractivity contribution in [2.45, 2.75) is 12.8 Å². The maximum atomic E-state index is 5.73. The molecule has 4 rings (SSSR count). The van der Waals surface area contributed by atoms with E-state index in [0.717, 1.165) is 22.6 Å². The molecule has 1 atom stereocenters. The molecule has 1 aliphatic heterocycles. The lowest BCUT2D eigenvalue weighted by Crippen LogP contribution is -2.04. The number of benzene rings is 2. The second-order valence-electron chi connectivity index (χ2n) is 5.04. The van der Waals surface area contributed by atoms with Gasteiger partial charge < -0.3 is 9.72 Å². The van der Waals surface area contributed by atoms with E-state index >= 15 is 0 Å². The minimum Gasteiger partial charge on any atom is -0.492 e. The zero-order valence-corrected chi connectivity index (χ0v) is 10.7. The summed E-state index contributed by atoms with van der Waals surface area (Å²) in [5.41, 5.74) is 4.58. The SMILES string of the molecule is Cc1ccc2nc(C3COc4ccccc43)[nH]c2c1. The molecule has 0 spiro atoms. The molecule has 3 aromatic rings. The van der Waals surface area contributed by atoms with Gasteiger partial charge in [0.05, 0.1) is 17.0 Å². The number of aromatic amines is 1. The van der Waals surface area contributed by atoms with Crippen molar-refractivity contribution in [3.8, 4) is 5.75 Å². The monoisotopic (exact) mass is 250 g/mol. The minimum absolute atomic E-state index is 0.212. The molecule has 0 amide bonds. The normalized spacial score (nSPS) is 17.4. The van der Waals surface area contributed by atoms with Gasteiger partial charge in [-0.1, -0.05) is 24.3 Å². The summed E-state index contributed by atoms with van der Waals surface area (Å²) in [6.07, 6.45) is 0. The van der Waals surface area contributed by atoms with Crippen LogP contribution in [0.1, 0.15) is 22.9 Å². The molecule has 0 saturated carbocycles. The van der Waals surface area contributed by atoms with Crippen molar-refractivity contribution in [3.05, 3.63) is 59.4 Å². The molecule has 0 bridgehead atoms. The van der Waals surface area contributed by atoms with E-state index in [1.807, 2.05) is 18.2 Å². The Kier molecular flexibility index (Phi) is 2.15. The van der Waals surface area contributed by atoms with E-state index in [1.165, 1.54) is 11.1 Å². The van der Waals surface area contributed by atoms with Crippen LogP contribution in [0.5, 0.6) is 5.75 Å². The van der Waals surface area contributed by atoms with Crippen LogP contribution in [0.4, 0.5) is 0 Å². The van der Waals surface area contributed by atoms with Crippen LogP contribution in [-0.2, 0) is 0 Å². The maximum Gasteiger partial charge on any atom is 0.123 e. The van der Waals surface area contributed by atoms with Crippen molar-refractivity contribution in [1.29, 1.82) is 0 Å². The molecule has 2 heterocycles. The third-order valence-corrected chi connectivity index (χ3v) is 3.69. The summed E-state index contributed by atoms with van der Waals surface area (Å²) in [6.45, 7) is 2.76. The van der Waals surface area contributed by atoms with Crippen LogP contribution in [0, 0.1) is 6.92 Å². The third-order valence-electron chi connectivity index (χ3n) is 3.69. The van der Waals surface area contributed by atoms with E-state index in [9.17, 15) is 0 Å². The van der Waals surface area contributed by atoms with Gasteiger partial charge in [-0.2, -0.15) is 0 Å². The standard InChI is InChI=1S/C16H14N2O/c1-10-6-7-13-14(8-10)18-16(17-13)12-9-19-15-5-3-2-4-11(12)15/h2-8,12H,9H2,1H3,(H,17,18). The molecule has 0 fully saturated rings. The Labute approximate surface area is 111 Å². The minimum atomic E-state index is 0.212. The Morgan fingerprint density at radius 2 is 2.11 bits per heavy atom. The summed E-state index contributed by atoms with van der Waals surface area (Å²) in [5.74, 6) is 2.18. The average Bonchev–Trinajstić information content (AvgIpc) is 3.00. The van der Waals surface area contributed by atoms with Crippen molar-refractivity contribution >= 4 is 11.0 Å². The highest BCUT2D eigenvalue weighted by molar-refractivity contribution is 5.76. The molecular formula is C16H14N2O. The molecule has 3 heteroatoms. The molecule has 3 nitrogen and oxygen atoms in total. The molecule has 1 aliphatic rings. The molecule has 0 saturated heterocycles. The molecule has 0 radical (unpaired) electrons. The second-order valence-corrected chi connectivity index (χ2v) is 5.04. The van der Waals surface area contributed by atoms with Gasteiger partial charge >= 0.3 is 0 Å². The maximum absolute atomic E-state index is 5.73. The second kappa shape index (κ2) is 3.85. The summed E-state index contributed by atoms with van der Waals surface area (Å²) in [4.78, 5) is 8.13. The number of rotatable bonds is 1. The highest BCUT2D eigenvalue weighted by Gasteiger charge is 2.27. The van der Waals surface area contributed by atoms with E-state index in [0.29, 0.717) is 6.61 Å². The zero-order valence-electron chi connectivity index (χ0n) is 10.7. The molecule has 94 valence electrons. The fraction of sp³-hybridized carbons (Fsp3) is 0.188. The van der Waals surface area contributed by atoms with Gasteiger partial charge in [0.2, 0.25) is 0 Å². The Morgan fingerprint density at radius 3 is 3.05 bits per heavy atom. The number of fused-ring (bicyclic) bond motifs is 2. The number of aryl methyl sites for hydroxylation is 1. The van der Waals surface area contributed by atoms with E-state index in [2.05, 4.69) is 36.2 Å². The lowest BCUT2D eigenvalue weighted by molar-refractivity contribution is 0.340. The summed E-state index contributed by atoms with van der Waals surface area (Å²) < 4.78 is 5.73. The van der Waals surface area contributed by atoms with E-state index in [-0.39, 0.29) is 5.92 Å². The van der Waals surface area contributed by atoms with Crippen LogP contribution in [-0.4, -0.2) is 16.6 Å². The first-order valence-corrected chi connectivity index (χ1v) is 6.49. The number of imidazole rings is 1. The van der Waals surface area contributed by atoms with Gasteiger partial charge in [0.15, 0.2) is 0 Å². The fourth-order valence-electron chi connectivity index (χ4n) is 2.70. The molecule has 1 N–H and O–H groups in total. The number of H-pyrrole nitrogens is 1. The van der Waals surface area contributed by atoms with Crippen molar-refractivity contribution < 1.29 is 4.74 Å². The van der Waals surface area contributed by atoms with Crippen LogP contribution in [0.25, 0.3) is 11.0 Å². The van der Waals surface area contributed by atoms with Crippen molar-refractivity contribution in [1.82, 2.24) is 9.97 Å². The Morgan fingerprint density at radius 1 is 1.21 bits per heavy atom. The van der Waals surface area contributed by atoms with Crippen LogP contribution >= 0.6 is 0 Å². The summed E-state index contributed by atoms with van der Waals surface area (Å²) in [5, 5.41) is 0. The quantitative estimate of drug-likeness (QED) is 0.718. The van der Waals surface area contributed by atoms with Gasteiger partial charge in [0, 0.05) is 5.56 Å². The number of para-hydroxylation sites is 1. The van der Waals surface area contributed by atoms with Crippen LogP contribution < -0.4 is 4.74 Å². The molecule has 1 aromatic heterocycles. The average molecular weight is 250 g/mol. The van der Waals surface area contributed by atoms with E-state index < -0.39 is 0 Å². The number of nitrogens with zero attached hydrogens (tertiary/aromatic N) is 1. The predicted octanol–water partition coefficient (Wildman–Crippen LogP) is 3.40. The lowest BCUT2D eigenvalue weighted by atomic mass is 10.0. The lowest BCUT2D eigenvalue weighted by Gasteiger charge is -2.03. The Hall–Kier alpha value is -2.29. The summed E-state index contributed by atoms with van der Waals surface area (Å²) in [6, 6.07) is 14.5. The van der Waals surface area contributed by atoms with Gasteiger partial charge in [-0.15, -0.1) is 0 Å². The molecule has 1 unspecified atom stereocenters. The van der Waals surface area contributed by atoms with E-state index in [4.69, 9.17) is 9.72 Å². The van der Waals surface area contributed by atoms with Gasteiger partial charge in [0.1, 0.15) is 18.2 Å². The van der Waals surface area contributed by atoms with Crippen LogP contribution in [0.15, 0.2) is 42.5 Å². The highest BCUT2D eigenvalue weighted by Crippen LogP contribution is 2.37. The highest BCUT2D eigenvalue weighted by atomic mass is 16.5. The van der Waals surface area contributed by atoms with Crippen molar-refractivity contribution in [2.24, 2.45) is 0 Å². The fourth-order valence-corrected chi connectivity index (χ4v) is 2.70. The molecule has 19 heavy (non-hydrogen) atoms. The summed E-state index contributed by atoms with van der Waals surface area (Å²) in [7, 11) is 0. The molecule has 0 aliphatic carbocycles. The Bertz CT molecular complexity index is 760. The Balaban J connectivity index is 1.83. The van der Waals surface area contributed by atoms with E-state index in [1.54, 1.807) is 0 Å². The smallest absolute Gasteiger partial charge is 0.123 e. The number of hydrogen-bond donors (Lipinski definition) is 1. The first kappa shape index (κ1) is 10.6.